The molecule has 1 atom stereocenters. The van der Waals surface area contributed by atoms with Crippen LogP contribution in [-0.4, -0.2) is 30.4 Å². The van der Waals surface area contributed by atoms with Crippen molar-refractivity contribution in [2.75, 3.05) is 13.6 Å². The van der Waals surface area contributed by atoms with E-state index >= 15 is 0 Å². The zero-order valence-corrected chi connectivity index (χ0v) is 12.2. The minimum Gasteiger partial charge on any atom is -0.344 e. The quantitative estimate of drug-likeness (QED) is 0.844. The molecule has 0 aromatic heterocycles. The zero-order valence-electron chi connectivity index (χ0n) is 10.6. The van der Waals surface area contributed by atoms with Gasteiger partial charge in [-0.2, -0.15) is 0 Å². The molecular formula is C14H17BrN2O. The summed E-state index contributed by atoms with van der Waals surface area (Å²) in [6.45, 7) is 2.83. The molecule has 0 spiro atoms. The average molecular weight is 309 g/mol. The van der Waals surface area contributed by atoms with Crippen LogP contribution in [0.15, 0.2) is 28.7 Å². The molecule has 0 aliphatic heterocycles. The molecule has 1 aromatic rings. The van der Waals surface area contributed by atoms with E-state index in [1.807, 2.05) is 43.1 Å². The van der Waals surface area contributed by atoms with Gasteiger partial charge < -0.3 is 5.32 Å². The number of halogens is 1. The molecule has 3 nitrogen and oxygen atoms in total. The van der Waals surface area contributed by atoms with Crippen LogP contribution in [0, 0.1) is 12.3 Å². The SMILES string of the molecule is C#CCNC(=O)C(C)N(C)Cc1ccccc1Br. The van der Waals surface area contributed by atoms with Gasteiger partial charge in [0, 0.05) is 11.0 Å². The molecule has 0 aliphatic carbocycles. The number of likely N-dealkylation sites (N-methyl/N-ethyl adjacent to an activating group) is 1. The molecule has 0 radical (unpaired) electrons. The molecule has 1 rings (SSSR count). The van der Waals surface area contributed by atoms with Crippen LogP contribution in [0.25, 0.3) is 0 Å². The summed E-state index contributed by atoms with van der Waals surface area (Å²) < 4.78 is 1.05. The molecule has 1 aromatic carbocycles. The van der Waals surface area contributed by atoms with Crippen LogP contribution < -0.4 is 5.32 Å². The van der Waals surface area contributed by atoms with E-state index in [0.29, 0.717) is 6.54 Å². The first-order valence-corrected chi connectivity index (χ1v) is 6.50. The lowest BCUT2D eigenvalue weighted by atomic mass is 10.2. The number of terminal acetylenes is 1. The summed E-state index contributed by atoms with van der Waals surface area (Å²) in [5, 5.41) is 2.68. The highest BCUT2D eigenvalue weighted by molar-refractivity contribution is 9.10. The lowest BCUT2D eigenvalue weighted by Gasteiger charge is -2.24. The van der Waals surface area contributed by atoms with Gasteiger partial charge in [-0.15, -0.1) is 6.42 Å². The summed E-state index contributed by atoms with van der Waals surface area (Å²) in [6.07, 6.45) is 5.11. The van der Waals surface area contributed by atoms with Crippen molar-refractivity contribution in [2.45, 2.75) is 19.5 Å². The summed E-state index contributed by atoms with van der Waals surface area (Å²) in [5.74, 6) is 2.34. The molecule has 0 saturated heterocycles. The summed E-state index contributed by atoms with van der Waals surface area (Å²) in [6, 6.07) is 7.76. The first kappa shape index (κ1) is 14.7. The van der Waals surface area contributed by atoms with Crippen molar-refractivity contribution >= 4 is 21.8 Å². The van der Waals surface area contributed by atoms with Gasteiger partial charge in [0.15, 0.2) is 0 Å². The van der Waals surface area contributed by atoms with Crippen LogP contribution in [0.1, 0.15) is 12.5 Å². The molecule has 4 heteroatoms. The molecule has 0 fully saturated rings. The van der Waals surface area contributed by atoms with E-state index < -0.39 is 0 Å². The van der Waals surface area contributed by atoms with Crippen LogP contribution in [0.4, 0.5) is 0 Å². The first-order valence-electron chi connectivity index (χ1n) is 5.71. The monoisotopic (exact) mass is 308 g/mol. The van der Waals surface area contributed by atoms with Gasteiger partial charge in [0.25, 0.3) is 0 Å². The highest BCUT2D eigenvalue weighted by Crippen LogP contribution is 2.18. The van der Waals surface area contributed by atoms with Crippen LogP contribution in [0.5, 0.6) is 0 Å². The fraction of sp³-hybridized carbons (Fsp3) is 0.357. The van der Waals surface area contributed by atoms with Crippen LogP contribution >= 0.6 is 15.9 Å². The fourth-order valence-corrected chi connectivity index (χ4v) is 1.93. The maximum Gasteiger partial charge on any atom is 0.237 e. The van der Waals surface area contributed by atoms with Gasteiger partial charge in [0.2, 0.25) is 5.91 Å². The smallest absolute Gasteiger partial charge is 0.237 e. The lowest BCUT2D eigenvalue weighted by molar-refractivity contribution is -0.125. The van der Waals surface area contributed by atoms with Gasteiger partial charge in [-0.05, 0) is 25.6 Å². The Morgan fingerprint density at radius 3 is 2.83 bits per heavy atom. The summed E-state index contributed by atoms with van der Waals surface area (Å²) in [4.78, 5) is 13.7. The maximum absolute atomic E-state index is 11.8. The average Bonchev–Trinajstić information content (AvgIpc) is 2.37. The molecule has 0 aliphatic rings. The molecule has 1 N–H and O–H groups in total. The van der Waals surface area contributed by atoms with Crippen molar-refractivity contribution in [2.24, 2.45) is 0 Å². The van der Waals surface area contributed by atoms with Crippen LogP contribution in [0.2, 0.25) is 0 Å². The van der Waals surface area contributed by atoms with Gasteiger partial charge in [0.05, 0.1) is 12.6 Å². The van der Waals surface area contributed by atoms with Crippen molar-refractivity contribution in [1.29, 1.82) is 0 Å². The number of benzene rings is 1. The fourth-order valence-electron chi connectivity index (χ4n) is 1.52. The number of nitrogens with one attached hydrogen (secondary N) is 1. The van der Waals surface area contributed by atoms with Crippen LogP contribution in [-0.2, 0) is 11.3 Å². The largest absolute Gasteiger partial charge is 0.344 e. The van der Waals surface area contributed by atoms with E-state index in [-0.39, 0.29) is 18.5 Å². The summed E-state index contributed by atoms with van der Waals surface area (Å²) in [5.41, 5.74) is 1.15. The van der Waals surface area contributed by atoms with E-state index in [0.717, 1.165) is 10.0 Å². The number of carbonyl (C=O) groups is 1. The number of amides is 1. The number of hydrogen-bond acceptors (Lipinski definition) is 2. The van der Waals surface area contributed by atoms with Crippen molar-refractivity contribution in [3.63, 3.8) is 0 Å². The molecule has 96 valence electrons. The summed E-state index contributed by atoms with van der Waals surface area (Å²) in [7, 11) is 1.92. The zero-order chi connectivity index (χ0) is 13.5. The second-order valence-electron chi connectivity index (χ2n) is 4.10. The lowest BCUT2D eigenvalue weighted by Crippen LogP contribution is -2.43. The highest BCUT2D eigenvalue weighted by Gasteiger charge is 2.17. The predicted octanol–water partition coefficient (Wildman–Crippen LogP) is 2.02. The topological polar surface area (TPSA) is 32.3 Å². The predicted molar refractivity (Wildman–Crippen MR) is 76.9 cm³/mol. The van der Waals surface area contributed by atoms with Crippen molar-refractivity contribution < 1.29 is 4.79 Å². The van der Waals surface area contributed by atoms with E-state index in [1.54, 1.807) is 0 Å². The Labute approximate surface area is 117 Å². The molecule has 0 saturated carbocycles. The molecule has 1 amide bonds. The van der Waals surface area contributed by atoms with Crippen molar-refractivity contribution in [1.82, 2.24) is 10.2 Å². The van der Waals surface area contributed by atoms with Gasteiger partial charge in [-0.3, -0.25) is 9.69 Å². The van der Waals surface area contributed by atoms with E-state index in [2.05, 4.69) is 27.2 Å². The molecule has 1 unspecified atom stereocenters. The third kappa shape index (κ3) is 4.17. The second kappa shape index (κ2) is 7.20. The number of nitrogens with zero attached hydrogens (tertiary/aromatic N) is 1. The first-order chi connectivity index (χ1) is 8.56. The molecule has 0 heterocycles. The number of carbonyl (C=O) groups excluding carboxylic acids is 1. The minimum atomic E-state index is -0.217. The molecular weight excluding hydrogens is 292 g/mol. The minimum absolute atomic E-state index is 0.0532. The Morgan fingerprint density at radius 2 is 2.22 bits per heavy atom. The number of rotatable bonds is 5. The maximum atomic E-state index is 11.8. The Morgan fingerprint density at radius 1 is 1.56 bits per heavy atom. The highest BCUT2D eigenvalue weighted by atomic mass is 79.9. The van der Waals surface area contributed by atoms with Crippen LogP contribution in [0.3, 0.4) is 0 Å². The summed E-state index contributed by atoms with van der Waals surface area (Å²) >= 11 is 3.50. The Balaban J connectivity index is 2.60. The Hall–Kier alpha value is -1.31. The Bertz CT molecular complexity index is 453. The molecule has 0 bridgehead atoms. The van der Waals surface area contributed by atoms with Gasteiger partial charge in [-0.1, -0.05) is 40.0 Å². The third-order valence-electron chi connectivity index (χ3n) is 2.78. The number of hydrogen-bond donors (Lipinski definition) is 1. The van der Waals surface area contributed by atoms with Crippen molar-refractivity contribution in [3.8, 4) is 12.3 Å². The third-order valence-corrected chi connectivity index (χ3v) is 3.56. The second-order valence-corrected chi connectivity index (χ2v) is 4.96. The van der Waals surface area contributed by atoms with E-state index in [4.69, 9.17) is 6.42 Å². The van der Waals surface area contributed by atoms with Gasteiger partial charge in [0.1, 0.15) is 0 Å². The standard InChI is InChI=1S/C14H17BrN2O/c1-4-9-16-14(18)11(2)17(3)10-12-7-5-6-8-13(12)15/h1,5-8,11H,9-10H2,2-3H3,(H,16,18). The van der Waals surface area contributed by atoms with E-state index in [1.165, 1.54) is 0 Å². The van der Waals surface area contributed by atoms with Gasteiger partial charge in [-0.25, -0.2) is 0 Å². The Kier molecular flexibility index (Phi) is 5.90. The molecule has 18 heavy (non-hydrogen) atoms. The van der Waals surface area contributed by atoms with E-state index in [9.17, 15) is 4.79 Å². The van der Waals surface area contributed by atoms with Crippen molar-refractivity contribution in [3.05, 3.63) is 34.3 Å². The normalized spacial score (nSPS) is 11.9. The van der Waals surface area contributed by atoms with Gasteiger partial charge >= 0.3 is 0 Å².